The minimum Gasteiger partial charge on any atom is -0.367 e. The maximum atomic E-state index is 12.2. The Balaban J connectivity index is 1.70. The summed E-state index contributed by atoms with van der Waals surface area (Å²) in [7, 11) is 0. The second kappa shape index (κ2) is 5.40. The zero-order valence-corrected chi connectivity index (χ0v) is 15.0. The molecule has 23 heavy (non-hydrogen) atoms. The van der Waals surface area contributed by atoms with E-state index in [1.165, 1.54) is 17.8 Å². The third kappa shape index (κ3) is 2.27. The third-order valence-electron chi connectivity index (χ3n) is 4.90. The lowest BCUT2D eigenvalue weighted by atomic mass is 9.80. The average molecular weight is 393 g/mol. The molecule has 1 aromatic carbocycles. The van der Waals surface area contributed by atoms with Gasteiger partial charge in [0.2, 0.25) is 5.60 Å². The zero-order chi connectivity index (χ0) is 16.1. The molecule has 1 amide bonds. The first kappa shape index (κ1) is 15.3. The molecule has 2 aromatic rings. The average Bonchev–Trinajstić information content (AvgIpc) is 2.95. The summed E-state index contributed by atoms with van der Waals surface area (Å²) in [5.41, 5.74) is 6.20. The van der Waals surface area contributed by atoms with Gasteiger partial charge in [-0.25, -0.2) is 4.98 Å². The molecule has 0 radical (unpaired) electrons. The van der Waals surface area contributed by atoms with Crippen molar-refractivity contribution in [3.8, 4) is 11.3 Å². The van der Waals surface area contributed by atoms with Crippen LogP contribution >= 0.6 is 27.3 Å². The van der Waals surface area contributed by atoms with Crippen molar-refractivity contribution in [1.82, 2.24) is 4.98 Å². The number of benzene rings is 1. The number of primary amides is 1. The Hall–Kier alpha value is -1.24. The first-order valence-corrected chi connectivity index (χ1v) is 9.47. The molecule has 120 valence electrons. The van der Waals surface area contributed by atoms with E-state index in [0.29, 0.717) is 5.01 Å². The van der Waals surface area contributed by atoms with Gasteiger partial charge in [0.1, 0.15) is 10.6 Å². The normalized spacial score (nSPS) is 25.4. The van der Waals surface area contributed by atoms with Crippen LogP contribution in [0.4, 0.5) is 0 Å². The number of hydrogen-bond acceptors (Lipinski definition) is 4. The van der Waals surface area contributed by atoms with Crippen molar-refractivity contribution in [3.63, 3.8) is 0 Å². The van der Waals surface area contributed by atoms with Gasteiger partial charge in [0.25, 0.3) is 5.91 Å². The lowest BCUT2D eigenvalue weighted by Crippen LogP contribution is -2.38. The van der Waals surface area contributed by atoms with E-state index in [4.69, 9.17) is 15.5 Å². The molecule has 2 fully saturated rings. The first-order chi connectivity index (χ1) is 11.1. The smallest absolute Gasteiger partial charge is 0.259 e. The molecule has 1 spiro atoms. The molecule has 2 heterocycles. The van der Waals surface area contributed by atoms with E-state index in [9.17, 15) is 4.79 Å². The van der Waals surface area contributed by atoms with Crippen molar-refractivity contribution in [2.24, 2.45) is 5.73 Å². The van der Waals surface area contributed by atoms with Gasteiger partial charge in [-0.1, -0.05) is 47.3 Å². The Morgan fingerprint density at radius 1 is 1.22 bits per heavy atom. The van der Waals surface area contributed by atoms with Gasteiger partial charge in [0.15, 0.2) is 0 Å². The van der Waals surface area contributed by atoms with Crippen molar-refractivity contribution in [3.05, 3.63) is 39.1 Å². The molecule has 1 saturated heterocycles. The van der Waals surface area contributed by atoms with Crippen LogP contribution < -0.4 is 5.73 Å². The molecule has 2 aliphatic rings. The molecule has 1 aliphatic carbocycles. The minimum atomic E-state index is -1.01. The Morgan fingerprint density at radius 2 is 1.91 bits per heavy atom. The quantitative estimate of drug-likeness (QED) is 0.802. The number of aromatic nitrogens is 1. The van der Waals surface area contributed by atoms with Crippen molar-refractivity contribution >= 4 is 33.2 Å². The molecule has 2 N–H and O–H groups in total. The summed E-state index contributed by atoms with van der Waals surface area (Å²) >= 11 is 4.90. The topological polar surface area (TPSA) is 68.5 Å². The summed E-state index contributed by atoms with van der Waals surface area (Å²) < 4.78 is 7.04. The lowest BCUT2D eigenvalue weighted by molar-refractivity contribution is -0.123. The van der Waals surface area contributed by atoms with Crippen LogP contribution in [-0.4, -0.2) is 16.5 Å². The molecule has 1 aliphatic heterocycles. The summed E-state index contributed by atoms with van der Waals surface area (Å²) in [5, 5.41) is 2.67. The van der Waals surface area contributed by atoms with Gasteiger partial charge < -0.3 is 10.5 Å². The summed E-state index contributed by atoms with van der Waals surface area (Å²) in [6.45, 7) is 0. The van der Waals surface area contributed by atoms with Gasteiger partial charge in [-0.2, -0.15) is 0 Å². The minimum absolute atomic E-state index is 0.406. The predicted octanol–water partition coefficient (Wildman–Crippen LogP) is 3.99. The van der Waals surface area contributed by atoms with E-state index in [2.05, 4.69) is 15.9 Å². The summed E-state index contributed by atoms with van der Waals surface area (Å²) in [4.78, 5) is 16.9. The summed E-state index contributed by atoms with van der Waals surface area (Å²) in [6, 6.07) is 7.97. The van der Waals surface area contributed by atoms with Crippen LogP contribution in [0.1, 0.15) is 37.1 Å². The Kier molecular flexibility index (Phi) is 3.59. The lowest BCUT2D eigenvalue weighted by Gasteiger charge is -2.20. The van der Waals surface area contributed by atoms with Crippen molar-refractivity contribution in [2.45, 2.75) is 43.3 Å². The standard InChI is InChI=1S/C17H17BrN2O2S/c18-12-6-4-11(5-7-12)13-10-23-15(20-13)17(14(19)21)16(22-17)8-2-1-3-9-16/h4-7,10H,1-3,8-9H2,(H2,19,21)/t17-/m0/s1. The van der Waals surface area contributed by atoms with Crippen LogP contribution in [0.3, 0.4) is 0 Å². The number of halogens is 1. The number of ether oxygens (including phenoxy) is 1. The second-order valence-corrected chi connectivity index (χ2v) is 8.02. The monoisotopic (exact) mass is 392 g/mol. The van der Waals surface area contributed by atoms with Gasteiger partial charge in [-0.15, -0.1) is 11.3 Å². The molecule has 6 heteroatoms. The largest absolute Gasteiger partial charge is 0.367 e. The number of nitrogens with zero attached hydrogens (tertiary/aromatic N) is 1. The number of hydrogen-bond donors (Lipinski definition) is 1. The fourth-order valence-electron chi connectivity index (χ4n) is 3.65. The van der Waals surface area contributed by atoms with Gasteiger partial charge >= 0.3 is 0 Å². The molecular formula is C17H17BrN2O2S. The number of epoxide rings is 1. The highest BCUT2D eigenvalue weighted by atomic mass is 79.9. The Bertz CT molecular complexity index is 752. The van der Waals surface area contributed by atoms with Gasteiger partial charge in [-0.05, 0) is 25.0 Å². The van der Waals surface area contributed by atoms with Crippen LogP contribution in [0.25, 0.3) is 11.3 Å². The molecular weight excluding hydrogens is 376 g/mol. The maximum absolute atomic E-state index is 12.2. The fourth-order valence-corrected chi connectivity index (χ4v) is 4.97. The molecule has 1 aromatic heterocycles. The summed E-state index contributed by atoms with van der Waals surface area (Å²) in [5.74, 6) is -0.406. The van der Waals surface area contributed by atoms with E-state index < -0.39 is 17.1 Å². The van der Waals surface area contributed by atoms with Crippen LogP contribution in [0, 0.1) is 0 Å². The maximum Gasteiger partial charge on any atom is 0.259 e. The van der Waals surface area contributed by atoms with E-state index in [1.54, 1.807) is 0 Å². The highest BCUT2D eigenvalue weighted by molar-refractivity contribution is 9.10. The zero-order valence-electron chi connectivity index (χ0n) is 12.5. The number of rotatable bonds is 3. The van der Waals surface area contributed by atoms with Gasteiger partial charge in [-0.3, -0.25) is 4.79 Å². The van der Waals surface area contributed by atoms with Crippen molar-refractivity contribution in [1.29, 1.82) is 0 Å². The van der Waals surface area contributed by atoms with E-state index in [-0.39, 0.29) is 0 Å². The molecule has 4 rings (SSSR count). The van der Waals surface area contributed by atoms with E-state index >= 15 is 0 Å². The highest BCUT2D eigenvalue weighted by Gasteiger charge is 2.76. The number of nitrogens with two attached hydrogens (primary N) is 1. The molecule has 0 unspecified atom stereocenters. The van der Waals surface area contributed by atoms with Crippen molar-refractivity contribution in [2.75, 3.05) is 0 Å². The van der Waals surface area contributed by atoms with E-state index in [1.807, 2.05) is 29.6 Å². The number of amides is 1. The SMILES string of the molecule is NC(=O)[C@@]1(c2nc(-c3ccc(Br)cc3)cs2)OC12CCCCC2. The third-order valence-corrected chi connectivity index (χ3v) is 6.37. The van der Waals surface area contributed by atoms with Crippen LogP contribution in [0.15, 0.2) is 34.1 Å². The Morgan fingerprint density at radius 3 is 2.57 bits per heavy atom. The van der Waals surface area contributed by atoms with Gasteiger partial charge in [0, 0.05) is 15.4 Å². The number of carbonyl (C=O) groups excluding carboxylic acids is 1. The van der Waals surface area contributed by atoms with Crippen LogP contribution in [0.5, 0.6) is 0 Å². The second-order valence-electron chi connectivity index (χ2n) is 6.25. The summed E-state index contributed by atoms with van der Waals surface area (Å²) in [6.07, 6.45) is 5.15. The highest BCUT2D eigenvalue weighted by Crippen LogP contribution is 2.63. The first-order valence-electron chi connectivity index (χ1n) is 7.79. The molecule has 1 atom stereocenters. The van der Waals surface area contributed by atoms with Crippen LogP contribution in [-0.2, 0) is 15.1 Å². The fraction of sp³-hybridized carbons (Fsp3) is 0.412. The van der Waals surface area contributed by atoms with Gasteiger partial charge in [0.05, 0.1) is 5.69 Å². The number of thiazole rings is 1. The molecule has 4 nitrogen and oxygen atoms in total. The molecule has 1 saturated carbocycles. The van der Waals surface area contributed by atoms with E-state index in [0.717, 1.165) is 41.4 Å². The molecule has 0 bridgehead atoms. The number of carbonyl (C=O) groups is 1. The Labute approximate surface area is 147 Å². The van der Waals surface area contributed by atoms with Crippen LogP contribution in [0.2, 0.25) is 0 Å². The van der Waals surface area contributed by atoms with Crippen molar-refractivity contribution < 1.29 is 9.53 Å². The predicted molar refractivity (Wildman–Crippen MR) is 93.0 cm³/mol.